The van der Waals surface area contributed by atoms with Crippen LogP contribution in [0.3, 0.4) is 0 Å². The first-order valence-electron chi connectivity index (χ1n) is 7.11. The average molecular weight is 311 g/mol. The molecular formula is C18H17NO4. The highest BCUT2D eigenvalue weighted by Crippen LogP contribution is 2.40. The minimum Gasteiger partial charge on any atom is -0.502 e. The molecule has 1 N–H and O–H groups in total. The lowest BCUT2D eigenvalue weighted by molar-refractivity contribution is -0.112. The normalized spacial score (nSPS) is 15.0. The number of methoxy groups -OCH3 is 2. The summed E-state index contributed by atoms with van der Waals surface area (Å²) in [7, 11) is 4.68. The minimum absolute atomic E-state index is 0.0626. The molecule has 0 radical (unpaired) electrons. The van der Waals surface area contributed by atoms with E-state index in [-0.39, 0.29) is 11.7 Å². The van der Waals surface area contributed by atoms with E-state index in [1.165, 1.54) is 14.2 Å². The fourth-order valence-electron chi connectivity index (χ4n) is 2.70. The Kier molecular flexibility index (Phi) is 3.70. The lowest BCUT2D eigenvalue weighted by atomic mass is 10.0. The molecule has 0 bridgehead atoms. The predicted molar refractivity (Wildman–Crippen MR) is 88.9 cm³/mol. The van der Waals surface area contributed by atoms with Crippen molar-refractivity contribution < 1.29 is 19.4 Å². The summed E-state index contributed by atoms with van der Waals surface area (Å²) in [5.41, 5.74) is 3.07. The van der Waals surface area contributed by atoms with Crippen molar-refractivity contribution in [2.24, 2.45) is 0 Å². The van der Waals surface area contributed by atoms with E-state index in [1.807, 2.05) is 24.3 Å². The maximum atomic E-state index is 12.5. The number of likely N-dealkylation sites (N-methyl/N-ethyl adjacent to an activating group) is 1. The van der Waals surface area contributed by atoms with Gasteiger partial charge < -0.3 is 19.5 Å². The second-order valence-electron chi connectivity index (χ2n) is 5.21. The summed E-state index contributed by atoms with van der Waals surface area (Å²) in [6.07, 6.45) is 1.77. The molecule has 0 atom stereocenters. The number of para-hydroxylation sites is 1. The van der Waals surface area contributed by atoms with Crippen molar-refractivity contribution >= 4 is 23.2 Å². The van der Waals surface area contributed by atoms with Gasteiger partial charge in [0.2, 0.25) is 5.75 Å². The molecule has 2 aromatic carbocycles. The van der Waals surface area contributed by atoms with Gasteiger partial charge in [-0.05, 0) is 29.8 Å². The molecular weight excluding hydrogens is 294 g/mol. The second-order valence-corrected chi connectivity index (χ2v) is 5.21. The van der Waals surface area contributed by atoms with Crippen LogP contribution in [0, 0.1) is 0 Å². The van der Waals surface area contributed by atoms with Crippen LogP contribution < -0.4 is 14.4 Å². The number of carbonyl (C=O) groups excluding carboxylic acids is 1. The van der Waals surface area contributed by atoms with Crippen LogP contribution in [-0.2, 0) is 4.79 Å². The van der Waals surface area contributed by atoms with Crippen LogP contribution in [-0.4, -0.2) is 32.3 Å². The van der Waals surface area contributed by atoms with Gasteiger partial charge in [-0.15, -0.1) is 0 Å². The summed E-state index contributed by atoms with van der Waals surface area (Å²) in [4.78, 5) is 14.1. The number of ether oxygens (including phenoxy) is 2. The van der Waals surface area contributed by atoms with Gasteiger partial charge in [0.25, 0.3) is 5.91 Å². The van der Waals surface area contributed by atoms with E-state index >= 15 is 0 Å². The number of rotatable bonds is 3. The predicted octanol–water partition coefficient (Wildman–Crippen LogP) is 2.93. The maximum absolute atomic E-state index is 12.5. The summed E-state index contributed by atoms with van der Waals surface area (Å²) in [5, 5.41) is 9.98. The van der Waals surface area contributed by atoms with Crippen molar-refractivity contribution in [1.82, 2.24) is 0 Å². The Morgan fingerprint density at radius 1 is 1.09 bits per heavy atom. The van der Waals surface area contributed by atoms with Crippen molar-refractivity contribution in [1.29, 1.82) is 0 Å². The van der Waals surface area contributed by atoms with Gasteiger partial charge >= 0.3 is 0 Å². The number of phenolic OH excluding ortho intramolecular Hbond substituents is 1. The molecule has 0 fully saturated rings. The number of hydrogen-bond donors (Lipinski definition) is 1. The third-order valence-corrected chi connectivity index (χ3v) is 3.90. The van der Waals surface area contributed by atoms with Gasteiger partial charge in [0.05, 0.1) is 19.9 Å². The molecule has 0 aromatic heterocycles. The number of anilines is 1. The Morgan fingerprint density at radius 2 is 1.70 bits per heavy atom. The van der Waals surface area contributed by atoms with Crippen LogP contribution in [0.25, 0.3) is 11.6 Å². The second kappa shape index (κ2) is 5.68. The summed E-state index contributed by atoms with van der Waals surface area (Å²) in [5.74, 6) is 0.455. The van der Waals surface area contributed by atoms with Gasteiger partial charge in [-0.1, -0.05) is 18.2 Å². The van der Waals surface area contributed by atoms with Gasteiger partial charge in [-0.3, -0.25) is 4.79 Å². The average Bonchev–Trinajstić information content (AvgIpc) is 2.81. The highest BCUT2D eigenvalue weighted by atomic mass is 16.5. The Morgan fingerprint density at radius 3 is 2.30 bits per heavy atom. The molecule has 1 aliphatic rings. The van der Waals surface area contributed by atoms with Gasteiger partial charge in [0.1, 0.15) is 0 Å². The number of nitrogens with zero attached hydrogens (tertiary/aromatic N) is 1. The molecule has 1 heterocycles. The molecule has 23 heavy (non-hydrogen) atoms. The van der Waals surface area contributed by atoms with E-state index in [2.05, 4.69) is 0 Å². The molecule has 1 amide bonds. The quantitative estimate of drug-likeness (QED) is 0.886. The van der Waals surface area contributed by atoms with E-state index in [0.29, 0.717) is 22.6 Å². The van der Waals surface area contributed by atoms with Crippen LogP contribution in [0.4, 0.5) is 5.69 Å². The first-order chi connectivity index (χ1) is 11.1. The van der Waals surface area contributed by atoms with Crippen molar-refractivity contribution in [3.05, 3.63) is 47.5 Å². The van der Waals surface area contributed by atoms with Gasteiger partial charge in [0, 0.05) is 18.2 Å². The zero-order chi connectivity index (χ0) is 16.6. The fourth-order valence-corrected chi connectivity index (χ4v) is 2.70. The first kappa shape index (κ1) is 15.0. The molecule has 0 spiro atoms. The summed E-state index contributed by atoms with van der Waals surface area (Å²) in [6, 6.07) is 11.0. The van der Waals surface area contributed by atoms with E-state index in [4.69, 9.17) is 9.47 Å². The summed E-state index contributed by atoms with van der Waals surface area (Å²) < 4.78 is 10.3. The number of phenols is 1. The van der Waals surface area contributed by atoms with E-state index < -0.39 is 0 Å². The molecule has 1 aliphatic heterocycles. The first-order valence-corrected chi connectivity index (χ1v) is 7.11. The minimum atomic E-state index is -0.0720. The number of benzene rings is 2. The zero-order valence-electron chi connectivity index (χ0n) is 13.2. The van der Waals surface area contributed by atoms with Crippen molar-refractivity contribution in [2.45, 2.75) is 0 Å². The maximum Gasteiger partial charge on any atom is 0.258 e. The Bertz CT molecular complexity index is 785. The van der Waals surface area contributed by atoms with Gasteiger partial charge in [-0.2, -0.15) is 0 Å². The fraction of sp³-hybridized carbons (Fsp3) is 0.167. The number of fused-ring (bicyclic) bond motifs is 1. The smallest absolute Gasteiger partial charge is 0.258 e. The number of amides is 1. The number of hydrogen-bond acceptors (Lipinski definition) is 4. The third kappa shape index (κ3) is 2.40. The molecule has 0 unspecified atom stereocenters. The highest BCUT2D eigenvalue weighted by Gasteiger charge is 2.29. The van der Waals surface area contributed by atoms with Gasteiger partial charge in [-0.25, -0.2) is 0 Å². The third-order valence-electron chi connectivity index (χ3n) is 3.90. The number of carbonyl (C=O) groups is 1. The molecule has 0 aliphatic carbocycles. The molecule has 5 nitrogen and oxygen atoms in total. The topological polar surface area (TPSA) is 59.0 Å². The van der Waals surface area contributed by atoms with Crippen LogP contribution in [0.1, 0.15) is 11.1 Å². The summed E-state index contributed by atoms with van der Waals surface area (Å²) >= 11 is 0. The monoisotopic (exact) mass is 311 g/mol. The molecule has 118 valence electrons. The van der Waals surface area contributed by atoms with Gasteiger partial charge in [0.15, 0.2) is 11.5 Å². The van der Waals surface area contributed by atoms with E-state index in [1.54, 1.807) is 30.2 Å². The molecule has 5 heteroatoms. The zero-order valence-corrected chi connectivity index (χ0v) is 13.2. The van der Waals surface area contributed by atoms with Crippen LogP contribution in [0.15, 0.2) is 36.4 Å². The van der Waals surface area contributed by atoms with E-state index in [0.717, 1.165) is 11.3 Å². The molecule has 0 saturated carbocycles. The Hall–Kier alpha value is -2.95. The summed E-state index contributed by atoms with van der Waals surface area (Å²) in [6.45, 7) is 0. The Labute approximate surface area is 134 Å². The van der Waals surface area contributed by atoms with Crippen molar-refractivity contribution in [3.8, 4) is 17.2 Å². The Balaban J connectivity index is 2.14. The number of aromatic hydroxyl groups is 1. The lowest BCUT2D eigenvalue weighted by Crippen LogP contribution is -2.20. The molecule has 0 saturated heterocycles. The van der Waals surface area contributed by atoms with Crippen LogP contribution in [0.2, 0.25) is 0 Å². The van der Waals surface area contributed by atoms with Crippen LogP contribution >= 0.6 is 0 Å². The van der Waals surface area contributed by atoms with Crippen LogP contribution in [0.5, 0.6) is 17.2 Å². The largest absolute Gasteiger partial charge is 0.502 e. The van der Waals surface area contributed by atoms with Crippen molar-refractivity contribution in [3.63, 3.8) is 0 Å². The highest BCUT2D eigenvalue weighted by molar-refractivity contribution is 6.35. The molecule has 3 rings (SSSR count). The van der Waals surface area contributed by atoms with Crippen molar-refractivity contribution in [2.75, 3.05) is 26.2 Å². The van der Waals surface area contributed by atoms with E-state index in [9.17, 15) is 9.90 Å². The molecule has 2 aromatic rings. The SMILES string of the molecule is COc1cc(/C=C2\C(=O)N(C)c3ccccc32)cc(OC)c1O. The standard InChI is InChI=1S/C18H17NO4/c1-19-14-7-5-4-6-12(14)13(18(19)21)8-11-9-15(22-2)17(20)16(10-11)23-3/h4-10,20H,1-3H3/b13-8-. The lowest BCUT2D eigenvalue weighted by Gasteiger charge is -2.10.